The summed E-state index contributed by atoms with van der Waals surface area (Å²) in [6.45, 7) is 11.1. The monoisotopic (exact) mass is 611 g/mol. The van der Waals surface area contributed by atoms with Crippen LogP contribution in [0.5, 0.6) is 11.5 Å². The van der Waals surface area contributed by atoms with Crippen LogP contribution in [0, 0.1) is 14.4 Å². The van der Waals surface area contributed by atoms with E-state index < -0.39 is 5.92 Å². The topological polar surface area (TPSA) is 66.8 Å². The van der Waals surface area contributed by atoms with E-state index in [1.54, 1.807) is 6.07 Å². The lowest BCUT2D eigenvalue weighted by Crippen LogP contribution is -2.44. The Morgan fingerprint density at radius 2 is 1.43 bits per heavy atom. The van der Waals surface area contributed by atoms with Gasteiger partial charge in [0.1, 0.15) is 11.5 Å². The standard InChI is InChI=1S/C31H34INO4/c1-6-37-20-10-8-19(9-11-20)33-22-14-30(2,3)16-25(35)28(22)27(18-7-12-24(34)21(32)13-18)29-23(33)15-31(4,5)17-26(29)36/h7-13,27,34H,6,14-17H2,1-5H3. The summed E-state index contributed by atoms with van der Waals surface area (Å²) in [5.74, 6) is 0.763. The van der Waals surface area contributed by atoms with Gasteiger partial charge in [0.2, 0.25) is 0 Å². The summed E-state index contributed by atoms with van der Waals surface area (Å²) in [5, 5.41) is 10.2. The first-order chi connectivity index (χ1) is 17.4. The van der Waals surface area contributed by atoms with Crippen LogP contribution < -0.4 is 9.64 Å². The Kier molecular flexibility index (Phi) is 6.54. The molecule has 0 aromatic heterocycles. The van der Waals surface area contributed by atoms with Crippen molar-refractivity contribution < 1.29 is 19.4 Å². The van der Waals surface area contributed by atoms with Gasteiger partial charge < -0.3 is 14.7 Å². The number of phenolic OH excluding ortho intramolecular Hbond substituents is 1. The van der Waals surface area contributed by atoms with Crippen LogP contribution in [0.15, 0.2) is 65.0 Å². The number of hydrogen-bond donors (Lipinski definition) is 1. The predicted molar refractivity (Wildman–Crippen MR) is 154 cm³/mol. The first kappa shape index (κ1) is 26.0. The lowest BCUT2D eigenvalue weighted by molar-refractivity contribution is -0.119. The van der Waals surface area contributed by atoms with E-state index in [1.165, 1.54) is 0 Å². The molecular formula is C31H34INO4. The number of anilines is 1. The summed E-state index contributed by atoms with van der Waals surface area (Å²) in [4.78, 5) is 30.0. The lowest BCUT2D eigenvalue weighted by atomic mass is 9.63. The van der Waals surface area contributed by atoms with Gasteiger partial charge in [-0.25, -0.2) is 0 Å². The second kappa shape index (κ2) is 9.29. The van der Waals surface area contributed by atoms with Gasteiger partial charge in [-0.05, 0) is 95.1 Å². The van der Waals surface area contributed by atoms with Crippen molar-refractivity contribution in [2.24, 2.45) is 10.8 Å². The van der Waals surface area contributed by atoms with Gasteiger partial charge in [0.05, 0.1) is 10.2 Å². The largest absolute Gasteiger partial charge is 0.507 e. The number of hydrogen-bond acceptors (Lipinski definition) is 5. The maximum Gasteiger partial charge on any atom is 0.162 e. The van der Waals surface area contributed by atoms with E-state index in [0.29, 0.717) is 23.0 Å². The average Bonchev–Trinajstić information content (AvgIpc) is 2.79. The van der Waals surface area contributed by atoms with E-state index in [4.69, 9.17) is 4.74 Å². The molecule has 5 rings (SSSR count). The van der Waals surface area contributed by atoms with Gasteiger partial charge in [0.25, 0.3) is 0 Å². The minimum atomic E-state index is -0.426. The lowest BCUT2D eigenvalue weighted by Gasteiger charge is -2.49. The molecule has 0 unspecified atom stereocenters. The molecule has 0 fully saturated rings. The Labute approximate surface area is 232 Å². The van der Waals surface area contributed by atoms with Gasteiger partial charge in [-0.3, -0.25) is 9.59 Å². The number of carbonyl (C=O) groups is 2. The molecular weight excluding hydrogens is 577 g/mol. The summed E-state index contributed by atoms with van der Waals surface area (Å²) >= 11 is 2.11. The molecule has 0 saturated heterocycles. The van der Waals surface area contributed by atoms with Crippen LogP contribution in [0.4, 0.5) is 5.69 Å². The van der Waals surface area contributed by atoms with E-state index in [0.717, 1.165) is 52.4 Å². The molecule has 37 heavy (non-hydrogen) atoms. The van der Waals surface area contributed by atoms with Crippen LogP contribution >= 0.6 is 22.6 Å². The molecule has 1 aliphatic heterocycles. The Morgan fingerprint density at radius 3 is 1.92 bits per heavy atom. The molecule has 0 amide bonds. The Bertz CT molecular complexity index is 1300. The summed E-state index contributed by atoms with van der Waals surface area (Å²) in [6, 6.07) is 13.4. The van der Waals surface area contributed by atoms with E-state index in [2.05, 4.69) is 55.2 Å². The quantitative estimate of drug-likeness (QED) is 0.368. The van der Waals surface area contributed by atoms with Gasteiger partial charge in [0, 0.05) is 47.0 Å². The molecule has 3 aliphatic rings. The van der Waals surface area contributed by atoms with Gasteiger partial charge in [-0.1, -0.05) is 33.8 Å². The van der Waals surface area contributed by atoms with E-state index in [1.807, 2.05) is 43.3 Å². The van der Waals surface area contributed by atoms with E-state index in [9.17, 15) is 14.7 Å². The van der Waals surface area contributed by atoms with Crippen LogP contribution in [0.2, 0.25) is 0 Å². The van der Waals surface area contributed by atoms with Gasteiger partial charge in [-0.15, -0.1) is 0 Å². The Morgan fingerprint density at radius 1 is 0.892 bits per heavy atom. The average molecular weight is 612 g/mol. The van der Waals surface area contributed by atoms with Crippen molar-refractivity contribution in [2.45, 2.75) is 66.2 Å². The third-order valence-corrected chi connectivity index (χ3v) is 8.49. The van der Waals surface area contributed by atoms with Crippen LogP contribution in [-0.2, 0) is 9.59 Å². The number of rotatable bonds is 4. The first-order valence-corrected chi connectivity index (χ1v) is 14.0. The maximum absolute atomic E-state index is 13.9. The highest BCUT2D eigenvalue weighted by molar-refractivity contribution is 14.1. The molecule has 0 spiro atoms. The summed E-state index contributed by atoms with van der Waals surface area (Å²) < 4.78 is 6.39. The molecule has 0 atom stereocenters. The van der Waals surface area contributed by atoms with Crippen LogP contribution in [0.25, 0.3) is 0 Å². The second-order valence-corrected chi connectivity index (χ2v) is 13.2. The zero-order chi connectivity index (χ0) is 26.7. The molecule has 1 N–H and O–H groups in total. The highest BCUT2D eigenvalue weighted by atomic mass is 127. The number of ether oxygens (including phenoxy) is 1. The van der Waals surface area contributed by atoms with Crippen molar-refractivity contribution >= 4 is 39.8 Å². The zero-order valence-electron chi connectivity index (χ0n) is 22.2. The summed E-state index contributed by atoms with van der Waals surface area (Å²) in [5.41, 5.74) is 4.86. The number of nitrogens with zero attached hydrogens (tertiary/aromatic N) is 1. The third-order valence-electron chi connectivity index (χ3n) is 7.62. The number of benzene rings is 2. The Balaban J connectivity index is 1.79. The molecule has 2 aromatic rings. The SMILES string of the molecule is CCOc1ccc(N2C3=C(C(=O)CC(C)(C)C3)C(c3ccc(O)c(I)c3)C3=C2CC(C)(C)CC3=O)cc1. The molecule has 194 valence electrons. The number of ketones is 2. The zero-order valence-corrected chi connectivity index (χ0v) is 24.3. The maximum atomic E-state index is 13.9. The number of aromatic hydroxyl groups is 1. The van der Waals surface area contributed by atoms with Crippen molar-refractivity contribution in [3.05, 3.63) is 74.1 Å². The molecule has 2 aliphatic carbocycles. The third kappa shape index (κ3) is 4.73. The van der Waals surface area contributed by atoms with Crippen molar-refractivity contribution in [2.75, 3.05) is 11.5 Å². The summed E-state index contributed by atoms with van der Waals surface area (Å²) in [7, 11) is 0. The minimum absolute atomic E-state index is 0.0967. The molecule has 6 heteroatoms. The predicted octanol–water partition coefficient (Wildman–Crippen LogP) is 7.29. The number of carbonyl (C=O) groups excluding carboxylic acids is 2. The molecule has 0 radical (unpaired) electrons. The Hall–Kier alpha value is -2.61. The summed E-state index contributed by atoms with van der Waals surface area (Å²) in [6.07, 6.45) is 2.35. The van der Waals surface area contributed by atoms with Crippen LogP contribution in [-0.4, -0.2) is 23.3 Å². The fourth-order valence-electron chi connectivity index (χ4n) is 6.17. The highest BCUT2D eigenvalue weighted by Crippen LogP contribution is 2.55. The van der Waals surface area contributed by atoms with Crippen molar-refractivity contribution in [1.82, 2.24) is 0 Å². The highest BCUT2D eigenvalue weighted by Gasteiger charge is 2.49. The van der Waals surface area contributed by atoms with Gasteiger partial charge in [0.15, 0.2) is 11.6 Å². The molecule has 2 aromatic carbocycles. The second-order valence-electron chi connectivity index (χ2n) is 12.0. The fraction of sp³-hybridized carbons (Fsp3) is 0.419. The number of allylic oxidation sites excluding steroid dienone is 4. The van der Waals surface area contributed by atoms with E-state index >= 15 is 0 Å². The van der Waals surface area contributed by atoms with Crippen molar-refractivity contribution in [3.63, 3.8) is 0 Å². The molecule has 0 saturated carbocycles. The molecule has 1 heterocycles. The first-order valence-electron chi connectivity index (χ1n) is 12.9. The van der Waals surface area contributed by atoms with Gasteiger partial charge >= 0.3 is 0 Å². The fourth-order valence-corrected chi connectivity index (χ4v) is 6.71. The smallest absolute Gasteiger partial charge is 0.162 e. The number of Topliss-reactive ketones (excluding diaryl/α,β-unsaturated/α-hetero) is 2. The normalized spacial score (nSPS) is 21.2. The minimum Gasteiger partial charge on any atom is -0.507 e. The molecule has 5 nitrogen and oxygen atoms in total. The van der Waals surface area contributed by atoms with Crippen molar-refractivity contribution in [1.29, 1.82) is 0 Å². The molecule has 0 bridgehead atoms. The van der Waals surface area contributed by atoms with E-state index in [-0.39, 0.29) is 28.1 Å². The number of halogens is 1. The van der Waals surface area contributed by atoms with Crippen LogP contribution in [0.1, 0.15) is 71.8 Å². The van der Waals surface area contributed by atoms with Crippen LogP contribution in [0.3, 0.4) is 0 Å². The van der Waals surface area contributed by atoms with Crippen molar-refractivity contribution in [3.8, 4) is 11.5 Å². The number of phenols is 1. The van der Waals surface area contributed by atoms with Gasteiger partial charge in [-0.2, -0.15) is 0 Å².